The summed E-state index contributed by atoms with van der Waals surface area (Å²) in [5.41, 5.74) is 10.3. The van der Waals surface area contributed by atoms with E-state index in [4.69, 9.17) is 5.73 Å². The molecule has 58 heavy (non-hydrogen) atoms. The fraction of sp³-hybridized carbons (Fsp3) is 0.333. The van der Waals surface area contributed by atoms with Crippen molar-refractivity contribution in [3.8, 4) is 0 Å². The average molecular weight is 791 g/mol. The fourth-order valence-corrected chi connectivity index (χ4v) is 8.82. The Morgan fingerprint density at radius 3 is 2.21 bits per heavy atom. The number of piperidine rings is 1. The molecule has 2 N–H and O–H groups in total. The van der Waals surface area contributed by atoms with Gasteiger partial charge in [-0.2, -0.15) is 0 Å². The molecule has 4 aromatic rings. The minimum absolute atomic E-state index is 0.0451. The van der Waals surface area contributed by atoms with Crippen LogP contribution in [0, 0.1) is 19.7 Å². The summed E-state index contributed by atoms with van der Waals surface area (Å²) >= 11 is 0. The second-order valence-corrected chi connectivity index (χ2v) is 15.7. The van der Waals surface area contributed by atoms with Gasteiger partial charge >= 0.3 is 6.97 Å². The number of ketones is 1. The molecule has 4 aliphatic rings. The second kappa shape index (κ2) is 17.0. The van der Waals surface area contributed by atoms with Crippen LogP contribution in [-0.4, -0.2) is 87.4 Å². The predicted octanol–water partition coefficient (Wildman–Crippen LogP) is 7.14. The number of fused-ring (bicyclic) bond motifs is 2. The van der Waals surface area contributed by atoms with E-state index in [1.54, 1.807) is 43.4 Å². The number of Topliss-reactive ketones (excluding diaryl/α,β-unsaturated/α-hetero) is 1. The summed E-state index contributed by atoms with van der Waals surface area (Å²) in [7, 11) is 0. The smallest absolute Gasteiger partial charge is 0.394 e. The number of halogens is 3. The van der Waals surface area contributed by atoms with Crippen molar-refractivity contribution in [3.63, 3.8) is 0 Å². The van der Waals surface area contributed by atoms with Crippen LogP contribution >= 0.6 is 0 Å². The number of carbonyl (C=O) groups excluding carboxylic acids is 3. The van der Waals surface area contributed by atoms with Crippen LogP contribution in [0.15, 0.2) is 109 Å². The number of nitrogens with two attached hydrogens (primary N) is 1. The molecular formula is C45H50BF3N6O3. The second-order valence-electron chi connectivity index (χ2n) is 15.7. The molecule has 0 unspecified atom stereocenters. The minimum Gasteiger partial charge on any atom is -0.394 e. The molecule has 302 valence electrons. The Morgan fingerprint density at radius 1 is 0.862 bits per heavy atom. The van der Waals surface area contributed by atoms with Crippen LogP contribution in [0.25, 0.3) is 6.08 Å². The molecule has 2 saturated heterocycles. The van der Waals surface area contributed by atoms with Crippen molar-refractivity contribution >= 4 is 42.0 Å². The number of aryl methyl sites for hydroxylation is 2. The Balaban J connectivity index is 0.000000206. The van der Waals surface area contributed by atoms with Crippen LogP contribution in [0.3, 0.4) is 0 Å². The molecule has 1 spiro atoms. The normalized spacial score (nSPS) is 17.9. The number of likely N-dealkylation sites (tertiary alicyclic amines) is 1. The maximum Gasteiger partial charge on any atom is 0.737 e. The third-order valence-corrected chi connectivity index (χ3v) is 11.9. The number of nitrogens with zero attached hydrogens (tertiary/aromatic N) is 5. The summed E-state index contributed by atoms with van der Waals surface area (Å²) in [6, 6.07) is 28.1. The van der Waals surface area contributed by atoms with Crippen molar-refractivity contribution in [2.45, 2.75) is 64.3 Å². The molecule has 8 rings (SSSR count). The monoisotopic (exact) mass is 790 g/mol. The van der Waals surface area contributed by atoms with Gasteiger partial charge in [0.25, 0.3) is 0 Å². The van der Waals surface area contributed by atoms with Gasteiger partial charge < -0.3 is 38.0 Å². The van der Waals surface area contributed by atoms with E-state index in [2.05, 4.69) is 34.1 Å². The van der Waals surface area contributed by atoms with Crippen LogP contribution in [-0.2, 0) is 16.0 Å². The number of carbonyl (C=O) groups is 3. The topological polar surface area (TPSA) is 94.9 Å². The van der Waals surface area contributed by atoms with Crippen LogP contribution < -0.4 is 10.6 Å². The Hall–Kier alpha value is -5.69. The van der Waals surface area contributed by atoms with Gasteiger partial charge in [-0.3, -0.25) is 14.4 Å². The van der Waals surface area contributed by atoms with Crippen molar-refractivity contribution < 1.29 is 31.9 Å². The number of hydrogen-bond donors (Lipinski definition) is 1. The van der Waals surface area contributed by atoms with Crippen molar-refractivity contribution in [2.24, 2.45) is 5.73 Å². The Morgan fingerprint density at radius 2 is 1.53 bits per heavy atom. The summed E-state index contributed by atoms with van der Waals surface area (Å²) in [6.45, 7) is 3.36. The van der Waals surface area contributed by atoms with E-state index in [-0.39, 0.29) is 30.3 Å². The molecular weight excluding hydrogens is 740 g/mol. The predicted molar refractivity (Wildman–Crippen MR) is 222 cm³/mol. The maximum atomic E-state index is 14.9. The lowest BCUT2D eigenvalue weighted by Crippen LogP contribution is -2.56. The third kappa shape index (κ3) is 8.31. The van der Waals surface area contributed by atoms with Gasteiger partial charge in [0.05, 0.1) is 6.67 Å². The number of hydrogen-bond acceptors (Lipinski definition) is 5. The lowest BCUT2D eigenvalue weighted by Gasteiger charge is -2.43. The molecule has 0 bridgehead atoms. The number of para-hydroxylation sites is 1. The summed E-state index contributed by atoms with van der Waals surface area (Å²) in [6.07, 6.45) is 8.93. The van der Waals surface area contributed by atoms with Gasteiger partial charge in [0.2, 0.25) is 11.8 Å². The highest BCUT2D eigenvalue weighted by Gasteiger charge is 2.54. The van der Waals surface area contributed by atoms with Crippen LogP contribution in [0.1, 0.15) is 71.4 Å². The highest BCUT2D eigenvalue weighted by atomic mass is 19.2. The Kier molecular flexibility index (Phi) is 11.9. The number of benzene rings is 3. The van der Waals surface area contributed by atoms with Crippen molar-refractivity contribution in [1.29, 1.82) is 0 Å². The van der Waals surface area contributed by atoms with Crippen LogP contribution in [0.5, 0.6) is 0 Å². The summed E-state index contributed by atoms with van der Waals surface area (Å²) < 4.78 is 45.1. The van der Waals surface area contributed by atoms with E-state index in [9.17, 15) is 27.4 Å². The quantitative estimate of drug-likeness (QED) is 0.122. The zero-order valence-electron chi connectivity index (χ0n) is 33.1. The van der Waals surface area contributed by atoms with E-state index < -0.39 is 18.4 Å². The number of primary amides is 1. The number of allylic oxidation sites excluding steroid dienone is 2. The van der Waals surface area contributed by atoms with Gasteiger partial charge in [-0.15, -0.1) is 0 Å². The lowest BCUT2D eigenvalue weighted by atomic mass is 9.85. The largest absolute Gasteiger partial charge is 0.737 e. The molecule has 2 fully saturated rings. The SMILES string of the molecule is Cc1cc(C)n2c1C=C1C=CC(CCC(N)=O)=[N+]1[B-]2(F)F.O=C(CCCN1CCC2(CC1)C(=O)N(CCc1ccccc1)CN2c1ccccc1)c1ccc(F)cc1. The van der Waals surface area contributed by atoms with Crippen LogP contribution in [0.4, 0.5) is 18.7 Å². The first-order valence-corrected chi connectivity index (χ1v) is 20.1. The fourth-order valence-electron chi connectivity index (χ4n) is 8.82. The number of amides is 2. The molecule has 5 heterocycles. The van der Waals surface area contributed by atoms with Gasteiger partial charge in [0.1, 0.15) is 17.1 Å². The molecule has 0 radical (unpaired) electrons. The zero-order valence-corrected chi connectivity index (χ0v) is 33.1. The Bertz CT molecular complexity index is 2250. The van der Waals surface area contributed by atoms with E-state index in [0.29, 0.717) is 48.0 Å². The first kappa shape index (κ1) is 40.5. The standard InChI is InChI=1S/C31H34FN3O2.C14H16BF2N3O/c32-27-15-13-26(14-16-27)29(36)12-7-20-33-22-18-31(19-23-33)30(37)34(21-17-25-8-3-1-4-9-25)24-35(31)28-10-5-2-6-11-28;1-9-7-10(2)19-13(9)8-12-4-3-11(5-6-14(18)21)20(12)15(19,16)17/h1-6,8-11,13-16H,7,12,17-24H2;3-4,7-8H,5-6H2,1-2H3,(H2,18,21). The first-order chi connectivity index (χ1) is 27.9. The molecule has 0 aliphatic carbocycles. The van der Waals surface area contributed by atoms with E-state index >= 15 is 0 Å². The Labute approximate surface area is 338 Å². The lowest BCUT2D eigenvalue weighted by molar-refractivity contribution is -0.362. The van der Waals surface area contributed by atoms with E-state index in [1.807, 2.05) is 48.2 Å². The number of anilines is 1. The third-order valence-electron chi connectivity index (χ3n) is 11.9. The maximum absolute atomic E-state index is 14.9. The molecule has 13 heteroatoms. The highest BCUT2D eigenvalue weighted by Crippen LogP contribution is 2.40. The molecule has 2 amide bonds. The summed E-state index contributed by atoms with van der Waals surface area (Å²) in [5.74, 6) is -0.541. The molecule has 0 saturated carbocycles. The van der Waals surface area contributed by atoms with Gasteiger partial charge in [0, 0.05) is 74.1 Å². The van der Waals surface area contributed by atoms with E-state index in [1.165, 1.54) is 17.7 Å². The molecule has 3 aromatic carbocycles. The van der Waals surface area contributed by atoms with Crippen molar-refractivity contribution in [2.75, 3.05) is 37.7 Å². The molecule has 4 aliphatic heterocycles. The van der Waals surface area contributed by atoms with Crippen molar-refractivity contribution in [3.05, 3.63) is 143 Å². The van der Waals surface area contributed by atoms with Crippen LogP contribution in [0.2, 0.25) is 0 Å². The average Bonchev–Trinajstić information content (AvgIpc) is 3.86. The van der Waals surface area contributed by atoms with Crippen molar-refractivity contribution in [1.82, 2.24) is 14.3 Å². The summed E-state index contributed by atoms with van der Waals surface area (Å²) in [5, 5.41) is 0. The minimum atomic E-state index is -3.94. The van der Waals surface area contributed by atoms with Gasteiger partial charge in [-0.25, -0.2) is 4.39 Å². The molecule has 0 atom stereocenters. The van der Waals surface area contributed by atoms with Gasteiger partial charge in [-0.05, 0) is 105 Å². The van der Waals surface area contributed by atoms with Gasteiger partial charge in [-0.1, -0.05) is 48.5 Å². The number of aromatic nitrogens is 1. The molecule has 1 aromatic heterocycles. The zero-order chi connectivity index (χ0) is 41.0. The number of rotatable bonds is 12. The van der Waals surface area contributed by atoms with E-state index in [0.717, 1.165) is 65.5 Å². The summed E-state index contributed by atoms with van der Waals surface area (Å²) in [4.78, 5) is 43.9. The molecule has 9 nitrogen and oxygen atoms in total. The highest BCUT2D eigenvalue weighted by molar-refractivity contribution is 6.58. The first-order valence-electron chi connectivity index (χ1n) is 20.1. The van der Waals surface area contributed by atoms with Gasteiger partial charge in [0.15, 0.2) is 11.5 Å².